The molecule has 4 nitrogen and oxygen atoms in total. The zero-order valence-corrected chi connectivity index (χ0v) is 8.99. The molecule has 1 aromatic rings. The largest absolute Gasteiger partial charge is 0.327 e. The van der Waals surface area contributed by atoms with Crippen LogP contribution in [0.4, 0.5) is 4.39 Å². The van der Waals surface area contributed by atoms with Gasteiger partial charge < -0.3 is 5.73 Å². The first-order valence-corrected chi connectivity index (χ1v) is 5.44. The maximum atomic E-state index is 14.0. The van der Waals surface area contributed by atoms with Crippen molar-refractivity contribution in [3.05, 3.63) is 12.2 Å². The van der Waals surface area contributed by atoms with Crippen LogP contribution in [-0.4, -0.2) is 26.5 Å². The first-order valence-electron chi connectivity index (χ1n) is 5.44. The lowest BCUT2D eigenvalue weighted by molar-refractivity contribution is 0.0413. The van der Waals surface area contributed by atoms with Crippen molar-refractivity contribution >= 4 is 0 Å². The second-order valence-corrected chi connectivity index (χ2v) is 4.40. The molecule has 5 heteroatoms. The SMILES string of the molecule is CCCn1ncnc1CC1(F)CC(N)C1. The summed E-state index contributed by atoms with van der Waals surface area (Å²) >= 11 is 0. The van der Waals surface area contributed by atoms with Crippen LogP contribution in [0.3, 0.4) is 0 Å². The highest BCUT2D eigenvalue weighted by Gasteiger charge is 2.43. The van der Waals surface area contributed by atoms with Crippen LogP contribution in [0.25, 0.3) is 0 Å². The smallest absolute Gasteiger partial charge is 0.138 e. The summed E-state index contributed by atoms with van der Waals surface area (Å²) in [7, 11) is 0. The van der Waals surface area contributed by atoms with Gasteiger partial charge in [0.05, 0.1) is 0 Å². The van der Waals surface area contributed by atoms with Crippen molar-refractivity contribution in [3.8, 4) is 0 Å². The highest BCUT2D eigenvalue weighted by atomic mass is 19.1. The molecule has 0 saturated heterocycles. The molecule has 15 heavy (non-hydrogen) atoms. The van der Waals surface area contributed by atoms with Crippen molar-refractivity contribution in [1.29, 1.82) is 0 Å². The van der Waals surface area contributed by atoms with Gasteiger partial charge in [0.1, 0.15) is 17.8 Å². The van der Waals surface area contributed by atoms with Crippen molar-refractivity contribution in [2.75, 3.05) is 0 Å². The predicted octanol–water partition coefficient (Wildman–Crippen LogP) is 1.06. The minimum atomic E-state index is -1.14. The van der Waals surface area contributed by atoms with Crippen molar-refractivity contribution in [2.24, 2.45) is 5.73 Å². The third-order valence-electron chi connectivity index (χ3n) is 2.86. The van der Waals surface area contributed by atoms with Gasteiger partial charge in [-0.2, -0.15) is 5.10 Å². The third-order valence-corrected chi connectivity index (χ3v) is 2.86. The van der Waals surface area contributed by atoms with Crippen molar-refractivity contribution in [3.63, 3.8) is 0 Å². The van der Waals surface area contributed by atoms with E-state index in [2.05, 4.69) is 17.0 Å². The maximum Gasteiger partial charge on any atom is 0.138 e. The quantitative estimate of drug-likeness (QED) is 0.812. The molecule has 1 fully saturated rings. The lowest BCUT2D eigenvalue weighted by Gasteiger charge is -2.38. The molecule has 1 aromatic heterocycles. The summed E-state index contributed by atoms with van der Waals surface area (Å²) in [4.78, 5) is 4.10. The number of hydrogen-bond donors (Lipinski definition) is 1. The molecule has 84 valence electrons. The van der Waals surface area contributed by atoms with E-state index < -0.39 is 5.67 Å². The number of nitrogens with two attached hydrogens (primary N) is 1. The molecule has 1 saturated carbocycles. The Hall–Kier alpha value is -0.970. The molecular weight excluding hydrogens is 195 g/mol. The van der Waals surface area contributed by atoms with Gasteiger partial charge in [-0.05, 0) is 19.3 Å². The van der Waals surface area contributed by atoms with Gasteiger partial charge in [0, 0.05) is 19.0 Å². The second kappa shape index (κ2) is 3.89. The van der Waals surface area contributed by atoms with Crippen LogP contribution < -0.4 is 5.73 Å². The summed E-state index contributed by atoms with van der Waals surface area (Å²) in [5.74, 6) is 0.742. The fourth-order valence-corrected chi connectivity index (χ4v) is 2.13. The maximum absolute atomic E-state index is 14.0. The monoisotopic (exact) mass is 212 g/mol. The molecule has 2 rings (SSSR count). The Morgan fingerprint density at radius 3 is 3.00 bits per heavy atom. The summed E-state index contributed by atoms with van der Waals surface area (Å²) < 4.78 is 15.8. The Morgan fingerprint density at radius 1 is 1.67 bits per heavy atom. The molecular formula is C10H17FN4. The van der Waals surface area contributed by atoms with Crippen LogP contribution in [0.2, 0.25) is 0 Å². The molecule has 0 spiro atoms. The predicted molar refractivity (Wildman–Crippen MR) is 55.1 cm³/mol. The van der Waals surface area contributed by atoms with E-state index in [4.69, 9.17) is 5.73 Å². The molecule has 0 aliphatic heterocycles. The molecule has 0 atom stereocenters. The van der Waals surface area contributed by atoms with E-state index in [1.54, 1.807) is 4.68 Å². The summed E-state index contributed by atoms with van der Waals surface area (Å²) in [6.07, 6.45) is 3.72. The van der Waals surface area contributed by atoms with Gasteiger partial charge in [0.25, 0.3) is 0 Å². The van der Waals surface area contributed by atoms with Crippen molar-refractivity contribution in [2.45, 2.75) is 50.9 Å². The van der Waals surface area contributed by atoms with Gasteiger partial charge in [-0.25, -0.2) is 14.1 Å². The number of hydrogen-bond acceptors (Lipinski definition) is 3. The third kappa shape index (κ3) is 2.17. The highest BCUT2D eigenvalue weighted by Crippen LogP contribution is 2.37. The van der Waals surface area contributed by atoms with E-state index in [1.807, 2.05) is 0 Å². The Labute approximate surface area is 88.7 Å². The van der Waals surface area contributed by atoms with E-state index in [9.17, 15) is 4.39 Å². The summed E-state index contributed by atoms with van der Waals surface area (Å²) in [5.41, 5.74) is 4.46. The number of rotatable bonds is 4. The number of nitrogens with zero attached hydrogens (tertiary/aromatic N) is 3. The fourth-order valence-electron chi connectivity index (χ4n) is 2.13. The van der Waals surface area contributed by atoms with E-state index in [0.717, 1.165) is 18.8 Å². The van der Waals surface area contributed by atoms with Crippen LogP contribution in [0.5, 0.6) is 0 Å². The van der Waals surface area contributed by atoms with Gasteiger partial charge in [0.2, 0.25) is 0 Å². The lowest BCUT2D eigenvalue weighted by atomic mass is 9.75. The van der Waals surface area contributed by atoms with Gasteiger partial charge in [0.15, 0.2) is 0 Å². The number of alkyl halides is 1. The van der Waals surface area contributed by atoms with Crippen LogP contribution >= 0.6 is 0 Å². The molecule has 0 aromatic carbocycles. The molecule has 1 aliphatic rings. The first-order chi connectivity index (χ1) is 7.13. The molecule has 0 amide bonds. The Kier molecular flexibility index (Phi) is 2.73. The molecule has 0 unspecified atom stereocenters. The topological polar surface area (TPSA) is 56.7 Å². The van der Waals surface area contributed by atoms with Gasteiger partial charge in [-0.15, -0.1) is 0 Å². The second-order valence-electron chi connectivity index (χ2n) is 4.40. The minimum absolute atomic E-state index is 0.0255. The first kappa shape index (κ1) is 10.5. The highest BCUT2D eigenvalue weighted by molar-refractivity contribution is 5.04. The zero-order chi connectivity index (χ0) is 10.9. The standard InChI is InChI=1S/C10H17FN4/c1-2-3-15-9(13-7-14-15)6-10(11)4-8(12)5-10/h7-8H,2-6,12H2,1H3. The van der Waals surface area contributed by atoms with Gasteiger partial charge >= 0.3 is 0 Å². The average molecular weight is 212 g/mol. The fraction of sp³-hybridized carbons (Fsp3) is 0.800. The Bertz CT molecular complexity index is 330. The number of aromatic nitrogens is 3. The minimum Gasteiger partial charge on any atom is -0.327 e. The van der Waals surface area contributed by atoms with Crippen LogP contribution in [0.15, 0.2) is 6.33 Å². The molecule has 2 N–H and O–H groups in total. The van der Waals surface area contributed by atoms with Gasteiger partial charge in [-0.1, -0.05) is 6.92 Å². The van der Waals surface area contributed by atoms with Gasteiger partial charge in [-0.3, -0.25) is 0 Å². The lowest BCUT2D eigenvalue weighted by Crippen LogP contribution is -2.50. The van der Waals surface area contributed by atoms with Crippen molar-refractivity contribution < 1.29 is 4.39 Å². The van der Waals surface area contributed by atoms with E-state index >= 15 is 0 Å². The van der Waals surface area contributed by atoms with E-state index in [-0.39, 0.29) is 6.04 Å². The summed E-state index contributed by atoms with van der Waals surface area (Å²) in [6.45, 7) is 2.87. The molecule has 0 bridgehead atoms. The summed E-state index contributed by atoms with van der Waals surface area (Å²) in [5, 5.41) is 4.08. The normalized spacial score (nSPS) is 30.2. The molecule has 1 heterocycles. The van der Waals surface area contributed by atoms with Crippen LogP contribution in [-0.2, 0) is 13.0 Å². The molecule has 0 radical (unpaired) electrons. The van der Waals surface area contributed by atoms with E-state index in [1.165, 1.54) is 6.33 Å². The average Bonchev–Trinajstić information content (AvgIpc) is 2.51. The Balaban J connectivity index is 2.01. The summed E-state index contributed by atoms with van der Waals surface area (Å²) in [6, 6.07) is 0.0255. The Morgan fingerprint density at radius 2 is 2.40 bits per heavy atom. The zero-order valence-electron chi connectivity index (χ0n) is 8.99. The molecule has 1 aliphatic carbocycles. The number of aryl methyl sites for hydroxylation is 1. The van der Waals surface area contributed by atoms with Crippen LogP contribution in [0.1, 0.15) is 32.0 Å². The van der Waals surface area contributed by atoms with Crippen molar-refractivity contribution in [1.82, 2.24) is 14.8 Å². The van der Waals surface area contributed by atoms with E-state index in [0.29, 0.717) is 19.3 Å². The van der Waals surface area contributed by atoms with Crippen LogP contribution in [0, 0.1) is 0 Å². The number of halogens is 1.